The lowest BCUT2D eigenvalue weighted by Crippen LogP contribution is -2.38. The van der Waals surface area contributed by atoms with E-state index < -0.39 is 12.0 Å². The molecular formula is C14H20N2O4. The zero-order valence-electron chi connectivity index (χ0n) is 11.7. The average Bonchev–Trinajstić information content (AvgIpc) is 2.39. The largest absolute Gasteiger partial charge is 0.494 e. The van der Waals surface area contributed by atoms with E-state index in [9.17, 15) is 9.59 Å². The van der Waals surface area contributed by atoms with Crippen LogP contribution in [0.1, 0.15) is 31.9 Å². The standard InChI is InChI=1S/C14H20N2O4/c1-3-20-12-7-5-4-6-11(12)10(2)16-14(19)15-9-8-13(17)18/h4-7,10H,3,8-9H2,1-2H3,(H,17,18)(H2,15,16,19). The lowest BCUT2D eigenvalue weighted by molar-refractivity contribution is -0.136. The number of amides is 2. The van der Waals surface area contributed by atoms with Crippen LogP contribution >= 0.6 is 0 Å². The molecule has 0 fully saturated rings. The number of urea groups is 1. The maximum absolute atomic E-state index is 11.6. The molecule has 0 heterocycles. The summed E-state index contributed by atoms with van der Waals surface area (Å²) >= 11 is 0. The maximum Gasteiger partial charge on any atom is 0.315 e. The summed E-state index contributed by atoms with van der Waals surface area (Å²) in [5.74, 6) is -0.214. The number of benzene rings is 1. The fourth-order valence-electron chi connectivity index (χ4n) is 1.73. The second kappa shape index (κ2) is 8.04. The first kappa shape index (κ1) is 15.8. The van der Waals surface area contributed by atoms with Crippen LogP contribution in [0.5, 0.6) is 5.75 Å². The Kier molecular flexibility index (Phi) is 6.36. The molecule has 6 heteroatoms. The summed E-state index contributed by atoms with van der Waals surface area (Å²) in [5, 5.41) is 13.7. The first-order valence-corrected chi connectivity index (χ1v) is 6.52. The molecule has 2 amide bonds. The molecule has 0 saturated heterocycles. The van der Waals surface area contributed by atoms with Crippen LogP contribution in [0.3, 0.4) is 0 Å². The quantitative estimate of drug-likeness (QED) is 0.712. The lowest BCUT2D eigenvalue weighted by atomic mass is 10.1. The van der Waals surface area contributed by atoms with Crippen molar-refractivity contribution in [3.8, 4) is 5.75 Å². The first-order valence-electron chi connectivity index (χ1n) is 6.52. The van der Waals surface area contributed by atoms with E-state index >= 15 is 0 Å². The minimum Gasteiger partial charge on any atom is -0.494 e. The van der Waals surface area contributed by atoms with E-state index in [1.165, 1.54) is 0 Å². The van der Waals surface area contributed by atoms with Crippen LogP contribution in [-0.4, -0.2) is 30.3 Å². The number of aliphatic carboxylic acids is 1. The minimum atomic E-state index is -0.944. The molecule has 110 valence electrons. The van der Waals surface area contributed by atoms with Crippen molar-refractivity contribution >= 4 is 12.0 Å². The monoisotopic (exact) mass is 280 g/mol. The van der Waals surface area contributed by atoms with Crippen LogP contribution in [0.25, 0.3) is 0 Å². The number of carbonyl (C=O) groups is 2. The van der Waals surface area contributed by atoms with E-state index in [0.29, 0.717) is 6.61 Å². The van der Waals surface area contributed by atoms with E-state index in [0.717, 1.165) is 11.3 Å². The fraction of sp³-hybridized carbons (Fsp3) is 0.429. The number of carboxylic acid groups (broad SMARTS) is 1. The molecule has 0 spiro atoms. The number of nitrogens with one attached hydrogen (secondary N) is 2. The van der Waals surface area contributed by atoms with Gasteiger partial charge in [-0.2, -0.15) is 0 Å². The molecule has 6 nitrogen and oxygen atoms in total. The Balaban J connectivity index is 2.55. The van der Waals surface area contributed by atoms with Crippen LogP contribution in [0, 0.1) is 0 Å². The molecule has 1 aromatic rings. The molecule has 0 bridgehead atoms. The topological polar surface area (TPSA) is 87.7 Å². The molecule has 0 aliphatic carbocycles. The van der Waals surface area contributed by atoms with Gasteiger partial charge in [0.2, 0.25) is 0 Å². The van der Waals surface area contributed by atoms with Gasteiger partial charge in [0, 0.05) is 12.1 Å². The predicted octanol–water partition coefficient (Wildman–Crippen LogP) is 1.92. The molecule has 1 unspecified atom stereocenters. The molecule has 1 aromatic carbocycles. The molecule has 0 radical (unpaired) electrons. The number of rotatable bonds is 7. The molecular weight excluding hydrogens is 260 g/mol. The van der Waals surface area contributed by atoms with Gasteiger partial charge in [0.1, 0.15) is 5.75 Å². The van der Waals surface area contributed by atoms with Crippen LogP contribution in [0.2, 0.25) is 0 Å². The maximum atomic E-state index is 11.6. The highest BCUT2D eigenvalue weighted by Crippen LogP contribution is 2.24. The van der Waals surface area contributed by atoms with Gasteiger partial charge in [-0.1, -0.05) is 18.2 Å². The van der Waals surface area contributed by atoms with Crippen molar-refractivity contribution in [2.75, 3.05) is 13.2 Å². The average molecular weight is 280 g/mol. The number of hydrogen-bond acceptors (Lipinski definition) is 3. The van der Waals surface area contributed by atoms with Gasteiger partial charge in [0.05, 0.1) is 19.1 Å². The van der Waals surface area contributed by atoms with Gasteiger partial charge < -0.3 is 20.5 Å². The highest BCUT2D eigenvalue weighted by Gasteiger charge is 2.13. The van der Waals surface area contributed by atoms with Gasteiger partial charge in [-0.25, -0.2) is 4.79 Å². The van der Waals surface area contributed by atoms with E-state index in [2.05, 4.69) is 10.6 Å². The van der Waals surface area contributed by atoms with Gasteiger partial charge in [0.15, 0.2) is 0 Å². The predicted molar refractivity (Wildman–Crippen MR) is 74.8 cm³/mol. The summed E-state index contributed by atoms with van der Waals surface area (Å²) in [7, 11) is 0. The summed E-state index contributed by atoms with van der Waals surface area (Å²) in [6.07, 6.45) is -0.0999. The summed E-state index contributed by atoms with van der Waals surface area (Å²) < 4.78 is 5.50. The molecule has 1 atom stereocenters. The number of ether oxygens (including phenoxy) is 1. The Morgan fingerprint density at radius 1 is 1.35 bits per heavy atom. The smallest absolute Gasteiger partial charge is 0.315 e. The normalized spacial score (nSPS) is 11.5. The number of carbonyl (C=O) groups excluding carboxylic acids is 1. The van der Waals surface area contributed by atoms with Gasteiger partial charge >= 0.3 is 12.0 Å². The van der Waals surface area contributed by atoms with Crippen molar-refractivity contribution in [3.05, 3.63) is 29.8 Å². The van der Waals surface area contributed by atoms with Crippen molar-refractivity contribution < 1.29 is 19.4 Å². The SMILES string of the molecule is CCOc1ccccc1C(C)NC(=O)NCCC(=O)O. The minimum absolute atomic E-state index is 0.0982. The van der Waals surface area contributed by atoms with Gasteiger partial charge in [0.25, 0.3) is 0 Å². The van der Waals surface area contributed by atoms with E-state index in [-0.39, 0.29) is 19.0 Å². The number of carboxylic acids is 1. The summed E-state index contributed by atoms with van der Waals surface area (Å²) in [4.78, 5) is 22.0. The lowest BCUT2D eigenvalue weighted by Gasteiger charge is -2.18. The summed E-state index contributed by atoms with van der Waals surface area (Å²) in [5.41, 5.74) is 0.878. The molecule has 0 aliphatic rings. The molecule has 0 saturated carbocycles. The van der Waals surface area contributed by atoms with Crippen molar-refractivity contribution in [2.24, 2.45) is 0 Å². The van der Waals surface area contributed by atoms with Crippen molar-refractivity contribution in [1.29, 1.82) is 0 Å². The third kappa shape index (κ3) is 5.17. The molecule has 3 N–H and O–H groups in total. The second-order valence-electron chi connectivity index (χ2n) is 4.24. The van der Waals surface area contributed by atoms with Gasteiger partial charge in [-0.3, -0.25) is 4.79 Å². The highest BCUT2D eigenvalue weighted by molar-refractivity contribution is 5.75. The Bertz CT molecular complexity index is 462. The Labute approximate surface area is 118 Å². The zero-order chi connectivity index (χ0) is 15.0. The molecule has 0 aliphatic heterocycles. The first-order chi connectivity index (χ1) is 9.54. The van der Waals surface area contributed by atoms with E-state index in [1.807, 2.05) is 38.1 Å². The van der Waals surface area contributed by atoms with Gasteiger partial charge in [-0.05, 0) is 19.9 Å². The van der Waals surface area contributed by atoms with Crippen molar-refractivity contribution in [1.82, 2.24) is 10.6 Å². The molecule has 0 aromatic heterocycles. The fourth-order valence-corrected chi connectivity index (χ4v) is 1.73. The van der Waals surface area contributed by atoms with Gasteiger partial charge in [-0.15, -0.1) is 0 Å². The van der Waals surface area contributed by atoms with Crippen LogP contribution < -0.4 is 15.4 Å². The summed E-state index contributed by atoms with van der Waals surface area (Å²) in [6, 6.07) is 6.84. The van der Waals surface area contributed by atoms with E-state index in [1.54, 1.807) is 0 Å². The molecule has 20 heavy (non-hydrogen) atoms. The van der Waals surface area contributed by atoms with Crippen LogP contribution in [0.4, 0.5) is 4.79 Å². The second-order valence-corrected chi connectivity index (χ2v) is 4.24. The Hall–Kier alpha value is -2.24. The Morgan fingerprint density at radius 3 is 2.70 bits per heavy atom. The number of hydrogen-bond donors (Lipinski definition) is 3. The highest BCUT2D eigenvalue weighted by atomic mass is 16.5. The van der Waals surface area contributed by atoms with E-state index in [4.69, 9.17) is 9.84 Å². The van der Waals surface area contributed by atoms with Crippen LogP contribution in [-0.2, 0) is 4.79 Å². The third-order valence-electron chi connectivity index (χ3n) is 2.66. The Morgan fingerprint density at radius 2 is 2.05 bits per heavy atom. The number of para-hydroxylation sites is 1. The zero-order valence-corrected chi connectivity index (χ0v) is 11.7. The third-order valence-corrected chi connectivity index (χ3v) is 2.66. The molecule has 1 rings (SSSR count). The van der Waals surface area contributed by atoms with Crippen molar-refractivity contribution in [3.63, 3.8) is 0 Å². The van der Waals surface area contributed by atoms with Crippen LogP contribution in [0.15, 0.2) is 24.3 Å². The van der Waals surface area contributed by atoms with Crippen molar-refractivity contribution in [2.45, 2.75) is 26.3 Å². The summed E-state index contributed by atoms with van der Waals surface area (Å²) in [6.45, 7) is 4.39.